The zero-order valence-corrected chi connectivity index (χ0v) is 14.8. The van der Waals surface area contributed by atoms with E-state index in [0.717, 1.165) is 17.0 Å². The van der Waals surface area contributed by atoms with Gasteiger partial charge in [-0.05, 0) is 36.5 Å². The maximum atomic E-state index is 12.7. The molecule has 0 saturated heterocycles. The summed E-state index contributed by atoms with van der Waals surface area (Å²) >= 11 is 1.11. The van der Waals surface area contributed by atoms with E-state index in [2.05, 4.69) is 25.6 Å². The van der Waals surface area contributed by atoms with Crippen LogP contribution in [-0.2, 0) is 0 Å². The van der Waals surface area contributed by atoms with Gasteiger partial charge in [-0.15, -0.1) is 5.10 Å². The highest BCUT2D eigenvalue weighted by Crippen LogP contribution is 2.25. The summed E-state index contributed by atoms with van der Waals surface area (Å²) in [6, 6.07) is 5.27. The lowest BCUT2D eigenvalue weighted by Crippen LogP contribution is -2.30. The van der Waals surface area contributed by atoms with Gasteiger partial charge in [0.1, 0.15) is 0 Å². The predicted molar refractivity (Wildman–Crippen MR) is 96.7 cm³/mol. The summed E-state index contributed by atoms with van der Waals surface area (Å²) in [4.78, 5) is 17.0. The maximum absolute atomic E-state index is 12.7. The van der Waals surface area contributed by atoms with Gasteiger partial charge in [0.25, 0.3) is 11.1 Å². The molecule has 0 saturated carbocycles. The molecule has 0 aliphatic rings. The molecule has 5 N–H and O–H groups in total. The number of nitrogen functional groups attached to an aromatic ring is 1. The number of nitrogens with zero attached hydrogens (tertiary/aromatic N) is 5. The lowest BCUT2D eigenvalue weighted by atomic mass is 10.0. The third-order valence-electron chi connectivity index (χ3n) is 3.49. The first-order valence-electron chi connectivity index (χ1n) is 7.40. The third kappa shape index (κ3) is 3.32. The molecule has 0 spiro atoms. The van der Waals surface area contributed by atoms with Crippen molar-refractivity contribution in [3.8, 4) is 16.3 Å². The van der Waals surface area contributed by atoms with Crippen molar-refractivity contribution in [3.63, 3.8) is 0 Å². The van der Waals surface area contributed by atoms with Crippen LogP contribution in [0.15, 0.2) is 35.7 Å². The lowest BCUT2D eigenvalue weighted by molar-refractivity contribution is 0.102. The van der Waals surface area contributed by atoms with Gasteiger partial charge in [-0.3, -0.25) is 19.8 Å². The Kier molecular flexibility index (Phi) is 4.80. The van der Waals surface area contributed by atoms with E-state index in [1.54, 1.807) is 24.4 Å². The molecule has 11 heteroatoms. The van der Waals surface area contributed by atoms with Crippen LogP contribution in [0.1, 0.15) is 16.1 Å². The minimum Gasteiger partial charge on any atom is -0.472 e. The molecule has 0 atom stereocenters. The van der Waals surface area contributed by atoms with Crippen LogP contribution in [0.2, 0.25) is 0 Å². The van der Waals surface area contributed by atoms with Crippen molar-refractivity contribution in [1.29, 1.82) is 0 Å². The predicted octanol–water partition coefficient (Wildman–Crippen LogP) is 0.459. The molecule has 0 unspecified atom stereocenters. The minimum absolute atomic E-state index is 0.309. The van der Waals surface area contributed by atoms with Gasteiger partial charge in [-0.2, -0.15) is 5.10 Å². The Balaban J connectivity index is 2.07. The second-order valence-corrected chi connectivity index (χ2v) is 6.12. The molecular weight excluding hydrogens is 356 g/mol. The molecule has 3 rings (SSSR count). The maximum Gasteiger partial charge on any atom is 0.295 e. The number of methoxy groups -OCH3 is 1. The van der Waals surface area contributed by atoms with Crippen molar-refractivity contribution in [2.45, 2.75) is 6.92 Å². The highest BCUT2D eigenvalue weighted by molar-refractivity contribution is 7.17. The number of aromatic nitrogens is 4. The first-order valence-corrected chi connectivity index (χ1v) is 8.21. The molecule has 3 aromatic heterocycles. The summed E-state index contributed by atoms with van der Waals surface area (Å²) < 4.78 is 6.25. The standard InChI is InChI=1S/C15H16N8O2S/c1-8-6-10(9-4-3-5-23(17)12(9)20-16)11(7-18-8)13(24)19-14-21-22-15(25-2)26-14/h3-7H,16-17H2,1-2H3,(H,19,21,24)/b20-12-. The van der Waals surface area contributed by atoms with Crippen molar-refractivity contribution in [2.75, 3.05) is 18.3 Å². The van der Waals surface area contributed by atoms with Crippen molar-refractivity contribution < 1.29 is 9.53 Å². The van der Waals surface area contributed by atoms with E-state index in [0.29, 0.717) is 32.5 Å². The molecule has 0 bridgehead atoms. The second kappa shape index (κ2) is 7.19. The second-order valence-electron chi connectivity index (χ2n) is 5.18. The highest BCUT2D eigenvalue weighted by atomic mass is 32.1. The lowest BCUT2D eigenvalue weighted by Gasteiger charge is -2.11. The molecule has 3 heterocycles. The number of hydrogen-bond acceptors (Lipinski definition) is 9. The number of pyridine rings is 2. The van der Waals surface area contributed by atoms with Crippen LogP contribution >= 0.6 is 11.3 Å². The molecule has 134 valence electrons. The Bertz CT molecular complexity index is 1030. The number of ether oxygens (including phenoxy) is 1. The summed E-state index contributed by atoms with van der Waals surface area (Å²) in [5, 5.41) is 14.7. The first kappa shape index (κ1) is 17.4. The van der Waals surface area contributed by atoms with Crippen LogP contribution < -0.4 is 27.2 Å². The van der Waals surface area contributed by atoms with E-state index in [9.17, 15) is 4.79 Å². The fourth-order valence-corrected chi connectivity index (χ4v) is 2.89. The van der Waals surface area contributed by atoms with E-state index < -0.39 is 5.91 Å². The molecule has 0 aliphatic carbocycles. The molecule has 10 nitrogen and oxygen atoms in total. The average molecular weight is 372 g/mol. The van der Waals surface area contributed by atoms with E-state index >= 15 is 0 Å². The topological polar surface area (TPSA) is 146 Å². The molecule has 0 fully saturated rings. The summed E-state index contributed by atoms with van der Waals surface area (Å²) in [7, 11) is 1.48. The number of nitrogens with one attached hydrogen (secondary N) is 1. The monoisotopic (exact) mass is 372 g/mol. The molecule has 0 radical (unpaired) electrons. The number of carbonyl (C=O) groups excluding carboxylic acids is 1. The summed E-state index contributed by atoms with van der Waals surface area (Å²) in [6.07, 6.45) is 3.09. The molecule has 3 aromatic rings. The van der Waals surface area contributed by atoms with Gasteiger partial charge in [0.05, 0.1) is 12.7 Å². The summed E-state index contributed by atoms with van der Waals surface area (Å²) in [5.41, 5.74) is 2.56. The number of rotatable bonds is 4. The van der Waals surface area contributed by atoms with E-state index in [4.69, 9.17) is 16.4 Å². The van der Waals surface area contributed by atoms with Gasteiger partial charge >= 0.3 is 0 Å². The highest BCUT2D eigenvalue weighted by Gasteiger charge is 2.18. The van der Waals surface area contributed by atoms with Crippen molar-refractivity contribution in [3.05, 3.63) is 47.3 Å². The Morgan fingerprint density at radius 1 is 1.38 bits per heavy atom. The number of nitrogens with two attached hydrogens (primary N) is 2. The summed E-state index contributed by atoms with van der Waals surface area (Å²) in [5.74, 6) is 10.9. The smallest absolute Gasteiger partial charge is 0.295 e. The number of anilines is 1. The van der Waals surface area contributed by atoms with Crippen molar-refractivity contribution in [2.24, 2.45) is 10.9 Å². The largest absolute Gasteiger partial charge is 0.472 e. The quantitative estimate of drug-likeness (QED) is 0.445. The zero-order chi connectivity index (χ0) is 18.7. The molecule has 1 amide bonds. The molecule has 0 aliphatic heterocycles. The number of carbonyl (C=O) groups is 1. The van der Waals surface area contributed by atoms with Crippen LogP contribution in [0.4, 0.5) is 5.13 Å². The first-order chi connectivity index (χ1) is 12.5. The molecule has 26 heavy (non-hydrogen) atoms. The van der Waals surface area contributed by atoms with Gasteiger partial charge in [-0.1, -0.05) is 5.10 Å². The van der Waals surface area contributed by atoms with Gasteiger partial charge in [-0.25, -0.2) is 0 Å². The Hall–Kier alpha value is -3.47. The fourth-order valence-electron chi connectivity index (χ4n) is 2.33. The normalized spacial score (nSPS) is 11.4. The van der Waals surface area contributed by atoms with E-state index in [1.807, 2.05) is 6.92 Å². The number of amides is 1. The van der Waals surface area contributed by atoms with E-state index in [1.165, 1.54) is 18.0 Å². The third-order valence-corrected chi connectivity index (χ3v) is 4.29. The van der Waals surface area contributed by atoms with Gasteiger partial charge in [0.15, 0.2) is 5.49 Å². The van der Waals surface area contributed by atoms with E-state index in [-0.39, 0.29) is 0 Å². The van der Waals surface area contributed by atoms with Crippen LogP contribution in [0.25, 0.3) is 11.1 Å². The number of hydrogen-bond donors (Lipinski definition) is 3. The van der Waals surface area contributed by atoms with Crippen LogP contribution in [0.5, 0.6) is 5.19 Å². The average Bonchev–Trinajstić information content (AvgIpc) is 3.08. The Labute approximate surface area is 152 Å². The molecular formula is C15H16N8O2S. The summed E-state index contributed by atoms with van der Waals surface area (Å²) in [6.45, 7) is 1.82. The zero-order valence-electron chi connectivity index (χ0n) is 14.0. The van der Waals surface area contributed by atoms with Crippen molar-refractivity contribution >= 4 is 22.4 Å². The Morgan fingerprint density at radius 2 is 2.19 bits per heavy atom. The van der Waals surface area contributed by atoms with Crippen molar-refractivity contribution in [1.82, 2.24) is 19.9 Å². The Morgan fingerprint density at radius 3 is 2.88 bits per heavy atom. The fraction of sp³-hybridized carbons (Fsp3) is 0.133. The SMILES string of the molecule is COc1nnc(NC(=O)c2cnc(C)cc2-c2cccn(N)/c2=N\N)s1. The minimum atomic E-state index is -0.401. The van der Waals surface area contributed by atoms with Crippen LogP contribution in [-0.4, -0.2) is 32.9 Å². The number of aryl methyl sites for hydroxylation is 1. The van der Waals surface area contributed by atoms with Crippen LogP contribution in [0.3, 0.4) is 0 Å². The van der Waals surface area contributed by atoms with Crippen LogP contribution in [0, 0.1) is 6.92 Å². The molecule has 0 aromatic carbocycles. The van der Waals surface area contributed by atoms with Gasteiger partial charge in [0.2, 0.25) is 5.13 Å². The van der Waals surface area contributed by atoms with Gasteiger partial charge in [0, 0.05) is 29.2 Å². The van der Waals surface area contributed by atoms with Gasteiger partial charge < -0.3 is 16.4 Å².